The number of rotatable bonds is 4. The Morgan fingerprint density at radius 2 is 2.00 bits per heavy atom. The van der Waals surface area contributed by atoms with Crippen LogP contribution in [0.5, 0.6) is 0 Å². The van der Waals surface area contributed by atoms with Gasteiger partial charge in [-0.25, -0.2) is 4.39 Å². The quantitative estimate of drug-likeness (QED) is 0.822. The molecular formula is C19H18ClFN2O2. The van der Waals surface area contributed by atoms with Crippen LogP contribution in [0, 0.1) is 11.2 Å². The van der Waals surface area contributed by atoms with Gasteiger partial charge in [0.25, 0.3) is 0 Å². The number of hydrogen-bond donors (Lipinski definition) is 2. The van der Waals surface area contributed by atoms with E-state index in [0.29, 0.717) is 23.4 Å². The molecule has 2 atom stereocenters. The van der Waals surface area contributed by atoms with Crippen molar-refractivity contribution in [2.45, 2.75) is 25.8 Å². The summed E-state index contributed by atoms with van der Waals surface area (Å²) < 4.78 is 13.9. The first kappa shape index (κ1) is 17.4. The van der Waals surface area contributed by atoms with Crippen molar-refractivity contribution >= 4 is 23.4 Å². The SMILES string of the molecule is CC1(C(N)=O)CC(Cc2ccc(-c3cc(Cl)ccc3F)cc2)NC1=O. The number of nitrogens with one attached hydrogen (secondary N) is 1. The minimum absolute atomic E-state index is 0.154. The number of carbonyl (C=O) groups excluding carboxylic acids is 2. The molecule has 0 spiro atoms. The fourth-order valence-corrected chi connectivity index (χ4v) is 3.31. The Labute approximate surface area is 150 Å². The van der Waals surface area contributed by atoms with Crippen LogP contribution in [0.3, 0.4) is 0 Å². The van der Waals surface area contributed by atoms with E-state index in [1.54, 1.807) is 13.0 Å². The van der Waals surface area contributed by atoms with Crippen LogP contribution >= 0.6 is 11.6 Å². The molecule has 1 fully saturated rings. The Morgan fingerprint density at radius 3 is 2.60 bits per heavy atom. The molecule has 0 radical (unpaired) electrons. The molecule has 1 saturated heterocycles. The topological polar surface area (TPSA) is 72.2 Å². The molecule has 130 valence electrons. The summed E-state index contributed by atoms with van der Waals surface area (Å²) in [6.07, 6.45) is 0.943. The highest BCUT2D eigenvalue weighted by Crippen LogP contribution is 2.31. The van der Waals surface area contributed by atoms with E-state index < -0.39 is 11.3 Å². The first-order chi connectivity index (χ1) is 11.8. The Morgan fingerprint density at radius 1 is 1.32 bits per heavy atom. The third-order valence-electron chi connectivity index (χ3n) is 4.71. The van der Waals surface area contributed by atoms with E-state index in [4.69, 9.17) is 17.3 Å². The summed E-state index contributed by atoms with van der Waals surface area (Å²) in [7, 11) is 0. The smallest absolute Gasteiger partial charge is 0.235 e. The number of primary amides is 1. The third kappa shape index (κ3) is 3.37. The van der Waals surface area contributed by atoms with E-state index >= 15 is 0 Å². The predicted octanol–water partition coefficient (Wildman–Crippen LogP) is 3.07. The van der Waals surface area contributed by atoms with E-state index in [9.17, 15) is 14.0 Å². The standard InChI is InChI=1S/C19H18ClFN2O2/c1-19(17(22)24)10-14(23-18(19)25)8-11-2-4-12(5-3-11)15-9-13(20)6-7-16(15)21/h2-7,9,14H,8,10H2,1H3,(H2,22,24)(H,23,25). The fraction of sp³-hybridized carbons (Fsp3) is 0.263. The summed E-state index contributed by atoms with van der Waals surface area (Å²) in [6, 6.07) is 11.7. The molecule has 2 aromatic carbocycles. The largest absolute Gasteiger partial charge is 0.369 e. The molecule has 0 aromatic heterocycles. The molecule has 1 heterocycles. The van der Waals surface area contributed by atoms with Gasteiger partial charge in [0, 0.05) is 16.6 Å². The van der Waals surface area contributed by atoms with Crippen LogP contribution in [0.4, 0.5) is 4.39 Å². The Kier molecular flexibility index (Phi) is 4.52. The zero-order chi connectivity index (χ0) is 18.2. The van der Waals surface area contributed by atoms with Crippen molar-refractivity contribution < 1.29 is 14.0 Å². The summed E-state index contributed by atoms with van der Waals surface area (Å²) in [5.74, 6) is -1.28. The second-order valence-corrected chi connectivity index (χ2v) is 7.03. The first-order valence-electron chi connectivity index (χ1n) is 7.95. The minimum Gasteiger partial charge on any atom is -0.369 e. The molecule has 1 aliphatic rings. The summed E-state index contributed by atoms with van der Waals surface area (Å²) in [4.78, 5) is 23.5. The monoisotopic (exact) mass is 360 g/mol. The van der Waals surface area contributed by atoms with Crippen LogP contribution in [-0.4, -0.2) is 17.9 Å². The van der Waals surface area contributed by atoms with Gasteiger partial charge in [-0.15, -0.1) is 0 Å². The summed E-state index contributed by atoms with van der Waals surface area (Å²) >= 11 is 5.93. The van der Waals surface area contributed by atoms with Crippen molar-refractivity contribution in [3.63, 3.8) is 0 Å². The number of halogens is 2. The van der Waals surface area contributed by atoms with Gasteiger partial charge in [-0.1, -0.05) is 35.9 Å². The van der Waals surface area contributed by atoms with Gasteiger partial charge in [-0.05, 0) is 49.1 Å². The van der Waals surface area contributed by atoms with Gasteiger partial charge in [-0.2, -0.15) is 0 Å². The maximum Gasteiger partial charge on any atom is 0.235 e. The Bertz CT molecular complexity index is 838. The van der Waals surface area contributed by atoms with Crippen molar-refractivity contribution in [1.29, 1.82) is 0 Å². The molecule has 2 aromatic rings. The van der Waals surface area contributed by atoms with E-state index in [1.807, 2.05) is 24.3 Å². The summed E-state index contributed by atoms with van der Waals surface area (Å²) in [6.45, 7) is 1.57. The van der Waals surface area contributed by atoms with E-state index in [2.05, 4.69) is 5.32 Å². The Balaban J connectivity index is 1.75. The number of hydrogen-bond acceptors (Lipinski definition) is 2. The molecule has 6 heteroatoms. The minimum atomic E-state index is -1.16. The van der Waals surface area contributed by atoms with Crippen LogP contribution in [-0.2, 0) is 16.0 Å². The van der Waals surface area contributed by atoms with E-state index in [1.165, 1.54) is 12.1 Å². The molecule has 3 rings (SSSR count). The van der Waals surface area contributed by atoms with Gasteiger partial charge < -0.3 is 11.1 Å². The average molecular weight is 361 g/mol. The van der Waals surface area contributed by atoms with Crippen molar-refractivity contribution in [2.75, 3.05) is 0 Å². The average Bonchev–Trinajstić information content (AvgIpc) is 2.86. The molecular weight excluding hydrogens is 343 g/mol. The lowest BCUT2D eigenvalue weighted by Gasteiger charge is -2.15. The molecule has 0 bridgehead atoms. The van der Waals surface area contributed by atoms with Crippen molar-refractivity contribution in [3.8, 4) is 11.1 Å². The van der Waals surface area contributed by atoms with Gasteiger partial charge in [-0.3, -0.25) is 9.59 Å². The van der Waals surface area contributed by atoms with Gasteiger partial charge in [0.15, 0.2) is 0 Å². The lowest BCUT2D eigenvalue weighted by molar-refractivity contribution is -0.137. The summed E-state index contributed by atoms with van der Waals surface area (Å²) in [5.41, 5.74) is 6.32. The number of carbonyl (C=O) groups is 2. The second kappa shape index (κ2) is 6.48. The highest BCUT2D eigenvalue weighted by atomic mass is 35.5. The van der Waals surface area contributed by atoms with Crippen LogP contribution in [0.25, 0.3) is 11.1 Å². The normalized spacial score (nSPS) is 22.7. The molecule has 2 unspecified atom stereocenters. The van der Waals surface area contributed by atoms with Crippen molar-refractivity contribution in [1.82, 2.24) is 5.32 Å². The van der Waals surface area contributed by atoms with Crippen LogP contribution in [0.1, 0.15) is 18.9 Å². The molecule has 0 aliphatic carbocycles. The van der Waals surface area contributed by atoms with Crippen LogP contribution in [0.2, 0.25) is 5.02 Å². The van der Waals surface area contributed by atoms with Crippen molar-refractivity contribution in [3.05, 3.63) is 58.9 Å². The predicted molar refractivity (Wildman–Crippen MR) is 94.4 cm³/mol. The highest BCUT2D eigenvalue weighted by Gasteiger charge is 2.47. The molecule has 4 nitrogen and oxygen atoms in total. The van der Waals surface area contributed by atoms with E-state index in [0.717, 1.165) is 11.1 Å². The Hall–Kier alpha value is -2.40. The van der Waals surface area contributed by atoms with Crippen LogP contribution in [0.15, 0.2) is 42.5 Å². The molecule has 1 aliphatic heterocycles. The van der Waals surface area contributed by atoms with Gasteiger partial charge in [0.2, 0.25) is 11.8 Å². The van der Waals surface area contributed by atoms with Gasteiger partial charge in [0.1, 0.15) is 11.2 Å². The summed E-state index contributed by atoms with van der Waals surface area (Å²) in [5, 5.41) is 3.29. The molecule has 2 amide bonds. The lowest BCUT2D eigenvalue weighted by Crippen LogP contribution is -2.40. The van der Waals surface area contributed by atoms with Crippen molar-refractivity contribution in [2.24, 2.45) is 11.1 Å². The first-order valence-corrected chi connectivity index (χ1v) is 8.32. The number of nitrogens with two attached hydrogens (primary N) is 1. The fourth-order valence-electron chi connectivity index (χ4n) is 3.14. The zero-order valence-electron chi connectivity index (χ0n) is 13.7. The maximum absolute atomic E-state index is 13.9. The molecule has 25 heavy (non-hydrogen) atoms. The third-order valence-corrected chi connectivity index (χ3v) is 4.95. The van der Waals surface area contributed by atoms with Gasteiger partial charge >= 0.3 is 0 Å². The number of amides is 2. The lowest BCUT2D eigenvalue weighted by atomic mass is 9.85. The zero-order valence-corrected chi connectivity index (χ0v) is 14.4. The number of benzene rings is 2. The maximum atomic E-state index is 13.9. The van der Waals surface area contributed by atoms with Crippen LogP contribution < -0.4 is 11.1 Å². The molecule has 0 saturated carbocycles. The molecule has 3 N–H and O–H groups in total. The highest BCUT2D eigenvalue weighted by molar-refractivity contribution is 6.30. The van der Waals surface area contributed by atoms with Gasteiger partial charge in [0.05, 0.1) is 0 Å². The van der Waals surface area contributed by atoms with E-state index in [-0.39, 0.29) is 17.8 Å². The second-order valence-electron chi connectivity index (χ2n) is 6.60.